The minimum Gasteiger partial charge on any atom is -0.481 e. The minimum absolute atomic E-state index is 0.0271. The lowest BCUT2D eigenvalue weighted by atomic mass is 9.84. The number of benzene rings is 1. The van der Waals surface area contributed by atoms with Gasteiger partial charge in [-0.25, -0.2) is 0 Å². The minimum atomic E-state index is -0.951. The van der Waals surface area contributed by atoms with E-state index in [9.17, 15) is 9.59 Å². The van der Waals surface area contributed by atoms with E-state index in [0.717, 1.165) is 5.56 Å². The fourth-order valence-electron chi connectivity index (χ4n) is 1.74. The molecule has 0 atom stereocenters. The molecule has 0 saturated heterocycles. The van der Waals surface area contributed by atoms with E-state index in [1.54, 1.807) is 0 Å². The molecule has 1 aromatic rings. The van der Waals surface area contributed by atoms with Gasteiger partial charge in [0.25, 0.3) is 0 Å². The molecule has 0 bridgehead atoms. The van der Waals surface area contributed by atoms with Crippen LogP contribution in [0.4, 0.5) is 0 Å². The van der Waals surface area contributed by atoms with E-state index in [4.69, 9.17) is 5.11 Å². The Balaban J connectivity index is 2.53. The molecule has 0 aliphatic carbocycles. The second-order valence-corrected chi connectivity index (χ2v) is 5.42. The lowest BCUT2D eigenvalue weighted by Gasteiger charge is -2.25. The highest BCUT2D eigenvalue weighted by atomic mass is 16.4. The van der Waals surface area contributed by atoms with Crippen molar-refractivity contribution < 1.29 is 14.7 Å². The van der Waals surface area contributed by atoms with Crippen LogP contribution < -0.4 is 5.32 Å². The van der Waals surface area contributed by atoms with Gasteiger partial charge in [-0.2, -0.15) is 0 Å². The number of carbonyl (C=O) groups is 2. The predicted octanol–water partition coefficient (Wildman–Crippen LogP) is 2.25. The maximum atomic E-state index is 11.5. The van der Waals surface area contributed by atoms with Gasteiger partial charge < -0.3 is 10.4 Å². The molecular weight excluding hydrogens is 242 g/mol. The number of carboxylic acid groups (broad SMARTS) is 1. The smallest absolute Gasteiger partial charge is 0.303 e. The summed E-state index contributed by atoms with van der Waals surface area (Å²) in [6.07, 6.45) is -0.101. The lowest BCUT2D eigenvalue weighted by molar-refractivity contribution is -0.138. The summed E-state index contributed by atoms with van der Waals surface area (Å²) in [5.41, 5.74) is 2.17. The van der Waals surface area contributed by atoms with Crippen molar-refractivity contribution in [3.63, 3.8) is 0 Å². The largest absolute Gasteiger partial charge is 0.481 e. The number of amides is 1. The zero-order valence-corrected chi connectivity index (χ0v) is 11.7. The number of hydrogen-bond acceptors (Lipinski definition) is 2. The van der Waals surface area contributed by atoms with E-state index in [0.29, 0.717) is 6.54 Å². The van der Waals surface area contributed by atoms with Crippen LogP contribution in [0.2, 0.25) is 0 Å². The molecule has 0 unspecified atom stereocenters. The SMILES string of the molecule is Cc1ccc(C(C)(C)CNC(=O)CCC(=O)O)cc1. The molecule has 2 N–H and O–H groups in total. The summed E-state index contributed by atoms with van der Waals surface area (Å²) in [5, 5.41) is 11.3. The summed E-state index contributed by atoms with van der Waals surface area (Å²) >= 11 is 0. The van der Waals surface area contributed by atoms with E-state index in [1.165, 1.54) is 5.56 Å². The van der Waals surface area contributed by atoms with E-state index >= 15 is 0 Å². The van der Waals surface area contributed by atoms with Crippen LogP contribution in [-0.4, -0.2) is 23.5 Å². The Hall–Kier alpha value is -1.84. The van der Waals surface area contributed by atoms with Crippen molar-refractivity contribution in [3.8, 4) is 0 Å². The maximum Gasteiger partial charge on any atom is 0.303 e. The van der Waals surface area contributed by atoms with Gasteiger partial charge in [-0.1, -0.05) is 43.7 Å². The fraction of sp³-hybridized carbons (Fsp3) is 0.467. The number of rotatable bonds is 6. The highest BCUT2D eigenvalue weighted by molar-refractivity contribution is 5.80. The molecule has 19 heavy (non-hydrogen) atoms. The van der Waals surface area contributed by atoms with E-state index in [2.05, 4.69) is 31.3 Å². The summed E-state index contributed by atoms with van der Waals surface area (Å²) in [5.74, 6) is -1.17. The molecule has 1 rings (SSSR count). The van der Waals surface area contributed by atoms with Crippen molar-refractivity contribution in [3.05, 3.63) is 35.4 Å². The van der Waals surface area contributed by atoms with Gasteiger partial charge in [0.15, 0.2) is 0 Å². The molecule has 0 spiro atoms. The standard InChI is InChI=1S/C15H21NO3/c1-11-4-6-12(7-5-11)15(2,3)10-16-13(17)8-9-14(18)19/h4-7H,8-10H2,1-3H3,(H,16,17)(H,18,19). The van der Waals surface area contributed by atoms with Crippen LogP contribution in [-0.2, 0) is 15.0 Å². The van der Waals surface area contributed by atoms with Crippen LogP contribution in [0.1, 0.15) is 37.8 Å². The zero-order valence-electron chi connectivity index (χ0n) is 11.7. The first-order chi connectivity index (χ1) is 8.81. The van der Waals surface area contributed by atoms with Crippen LogP contribution >= 0.6 is 0 Å². The van der Waals surface area contributed by atoms with Crippen molar-refractivity contribution in [2.75, 3.05) is 6.54 Å². The van der Waals surface area contributed by atoms with E-state index < -0.39 is 5.97 Å². The molecule has 0 aromatic heterocycles. The van der Waals surface area contributed by atoms with Gasteiger partial charge in [-0.15, -0.1) is 0 Å². The molecule has 0 saturated carbocycles. The second kappa shape index (κ2) is 6.36. The van der Waals surface area contributed by atoms with Crippen molar-refractivity contribution in [1.29, 1.82) is 0 Å². The molecule has 0 aliphatic rings. The van der Waals surface area contributed by atoms with Gasteiger partial charge in [0.05, 0.1) is 6.42 Å². The molecule has 4 heteroatoms. The summed E-state index contributed by atoms with van der Waals surface area (Å²) in [6, 6.07) is 8.20. The van der Waals surface area contributed by atoms with E-state index in [-0.39, 0.29) is 24.2 Å². The Morgan fingerprint density at radius 2 is 1.74 bits per heavy atom. The monoisotopic (exact) mass is 263 g/mol. The number of carbonyl (C=O) groups excluding carboxylic acids is 1. The summed E-state index contributed by atoms with van der Waals surface area (Å²) in [6.45, 7) is 6.63. The van der Waals surface area contributed by atoms with Crippen LogP contribution in [0.3, 0.4) is 0 Å². The van der Waals surface area contributed by atoms with Crippen molar-refractivity contribution >= 4 is 11.9 Å². The van der Waals surface area contributed by atoms with Crippen LogP contribution in [0.25, 0.3) is 0 Å². The molecule has 0 radical (unpaired) electrons. The number of hydrogen-bond donors (Lipinski definition) is 2. The molecule has 0 fully saturated rings. The normalized spacial score (nSPS) is 11.1. The number of carboxylic acids is 1. The maximum absolute atomic E-state index is 11.5. The van der Waals surface area contributed by atoms with Crippen molar-refractivity contribution in [2.24, 2.45) is 0 Å². The molecule has 1 amide bonds. The fourth-order valence-corrected chi connectivity index (χ4v) is 1.74. The Kier molecular flexibility index (Phi) is 5.10. The van der Waals surface area contributed by atoms with Crippen LogP contribution in [0.15, 0.2) is 24.3 Å². The highest BCUT2D eigenvalue weighted by Crippen LogP contribution is 2.22. The third-order valence-corrected chi connectivity index (χ3v) is 3.13. The van der Waals surface area contributed by atoms with Gasteiger partial charge in [-0.3, -0.25) is 9.59 Å². The molecular formula is C15H21NO3. The predicted molar refractivity (Wildman–Crippen MR) is 74.1 cm³/mol. The van der Waals surface area contributed by atoms with Crippen LogP contribution in [0.5, 0.6) is 0 Å². The highest BCUT2D eigenvalue weighted by Gasteiger charge is 2.21. The Morgan fingerprint density at radius 1 is 1.16 bits per heavy atom. The van der Waals surface area contributed by atoms with Crippen molar-refractivity contribution in [2.45, 2.75) is 39.0 Å². The molecule has 4 nitrogen and oxygen atoms in total. The van der Waals surface area contributed by atoms with Crippen molar-refractivity contribution in [1.82, 2.24) is 5.32 Å². The van der Waals surface area contributed by atoms with Gasteiger partial charge >= 0.3 is 5.97 Å². The molecule has 0 aliphatic heterocycles. The number of nitrogens with one attached hydrogen (secondary N) is 1. The topological polar surface area (TPSA) is 66.4 Å². The van der Waals surface area contributed by atoms with Gasteiger partial charge in [-0.05, 0) is 12.5 Å². The van der Waals surface area contributed by atoms with E-state index in [1.807, 2.05) is 19.1 Å². The first-order valence-corrected chi connectivity index (χ1v) is 6.37. The summed E-state index contributed by atoms with van der Waals surface area (Å²) < 4.78 is 0. The molecule has 0 heterocycles. The van der Waals surface area contributed by atoms with Crippen LogP contribution in [0, 0.1) is 6.92 Å². The average molecular weight is 263 g/mol. The number of aryl methyl sites for hydroxylation is 1. The summed E-state index contributed by atoms with van der Waals surface area (Å²) in [7, 11) is 0. The lowest BCUT2D eigenvalue weighted by Crippen LogP contribution is -2.36. The van der Waals surface area contributed by atoms with Gasteiger partial charge in [0.2, 0.25) is 5.91 Å². The Labute approximate surface area is 113 Å². The molecule has 104 valence electrons. The second-order valence-electron chi connectivity index (χ2n) is 5.42. The Morgan fingerprint density at radius 3 is 2.26 bits per heavy atom. The van der Waals surface area contributed by atoms with Gasteiger partial charge in [0.1, 0.15) is 0 Å². The zero-order chi connectivity index (χ0) is 14.5. The Bertz CT molecular complexity index is 449. The summed E-state index contributed by atoms with van der Waals surface area (Å²) in [4.78, 5) is 21.9. The quantitative estimate of drug-likeness (QED) is 0.827. The third-order valence-electron chi connectivity index (χ3n) is 3.13. The first-order valence-electron chi connectivity index (χ1n) is 6.37. The molecule has 1 aromatic carbocycles. The van der Waals surface area contributed by atoms with Gasteiger partial charge in [0, 0.05) is 18.4 Å². The third kappa shape index (κ3) is 5.12. The number of aliphatic carboxylic acids is 1. The first kappa shape index (κ1) is 15.2. The average Bonchev–Trinajstić information content (AvgIpc) is 2.34.